The molecule has 0 heterocycles. The third kappa shape index (κ3) is 3.96. The van der Waals surface area contributed by atoms with Gasteiger partial charge in [-0.3, -0.25) is 4.79 Å². The highest BCUT2D eigenvalue weighted by molar-refractivity contribution is 6.11. The molecule has 5 nitrogen and oxygen atoms in total. The van der Waals surface area contributed by atoms with Crippen LogP contribution >= 0.6 is 0 Å². The normalized spacial score (nSPS) is 14.8. The molecule has 0 aromatic heterocycles. The molecule has 0 amide bonds. The number of hydrogen-bond acceptors (Lipinski definition) is 5. The molecule has 23 heavy (non-hydrogen) atoms. The molecule has 1 aliphatic rings. The summed E-state index contributed by atoms with van der Waals surface area (Å²) >= 11 is 0. The lowest BCUT2D eigenvalue weighted by molar-refractivity contribution is -0.145. The highest BCUT2D eigenvalue weighted by Gasteiger charge is 2.31. The van der Waals surface area contributed by atoms with Crippen LogP contribution in [0, 0.1) is 0 Å². The van der Waals surface area contributed by atoms with Crippen molar-refractivity contribution in [3.63, 3.8) is 0 Å². The molecule has 3 rings (SSSR count). The minimum atomic E-state index is -1.28. The summed E-state index contributed by atoms with van der Waals surface area (Å²) in [5, 5.41) is 0. The van der Waals surface area contributed by atoms with Gasteiger partial charge in [0.2, 0.25) is 0 Å². The van der Waals surface area contributed by atoms with E-state index in [-0.39, 0.29) is 6.10 Å². The van der Waals surface area contributed by atoms with Crippen LogP contribution in [-0.4, -0.2) is 23.9 Å². The second kappa shape index (κ2) is 6.62. The molecule has 1 saturated carbocycles. The summed E-state index contributed by atoms with van der Waals surface area (Å²) < 4.78 is 10.7. The smallest absolute Gasteiger partial charge is 0.331 e. The number of Topliss-reactive ketones (excluding diaryl/α,β-unsaturated/α-hetero) is 1. The van der Waals surface area contributed by atoms with Gasteiger partial charge >= 0.3 is 5.97 Å². The molecule has 1 atom stereocenters. The zero-order valence-electron chi connectivity index (χ0n) is 12.5. The number of nitrogens with two attached hydrogens (primary N) is 1. The van der Waals surface area contributed by atoms with Gasteiger partial charge in [0.25, 0.3) is 0 Å². The SMILES string of the molecule is NC(C(=O)OC1CC1)C(=O)c1ccc(Oc2ccccc2)cc1. The van der Waals surface area contributed by atoms with Crippen molar-refractivity contribution in [1.82, 2.24) is 0 Å². The molecule has 2 aromatic carbocycles. The number of ketones is 1. The van der Waals surface area contributed by atoms with Crippen LogP contribution in [0.25, 0.3) is 0 Å². The van der Waals surface area contributed by atoms with Crippen LogP contribution in [-0.2, 0) is 9.53 Å². The van der Waals surface area contributed by atoms with Crippen molar-refractivity contribution in [3.8, 4) is 11.5 Å². The van der Waals surface area contributed by atoms with Gasteiger partial charge in [-0.1, -0.05) is 18.2 Å². The Morgan fingerprint density at radius 1 is 0.957 bits per heavy atom. The lowest BCUT2D eigenvalue weighted by Crippen LogP contribution is -2.40. The first-order valence-corrected chi connectivity index (χ1v) is 7.47. The number of benzene rings is 2. The first-order chi connectivity index (χ1) is 11.1. The van der Waals surface area contributed by atoms with E-state index in [9.17, 15) is 9.59 Å². The molecule has 5 heteroatoms. The first kappa shape index (κ1) is 15.2. The van der Waals surface area contributed by atoms with E-state index >= 15 is 0 Å². The fraction of sp³-hybridized carbons (Fsp3) is 0.222. The standard InChI is InChI=1S/C18H17NO4/c19-16(18(21)23-15-10-11-15)17(20)12-6-8-14(9-7-12)22-13-4-2-1-3-5-13/h1-9,15-16H,10-11,19H2. The summed E-state index contributed by atoms with van der Waals surface area (Å²) in [6.07, 6.45) is 1.62. The highest BCUT2D eigenvalue weighted by Crippen LogP contribution is 2.24. The lowest BCUT2D eigenvalue weighted by Gasteiger charge is -2.11. The second-order valence-electron chi connectivity index (χ2n) is 5.42. The molecule has 1 unspecified atom stereocenters. The number of carbonyl (C=O) groups excluding carboxylic acids is 2. The highest BCUT2D eigenvalue weighted by atomic mass is 16.5. The summed E-state index contributed by atoms with van der Waals surface area (Å²) in [4.78, 5) is 23.9. The number of para-hydroxylation sites is 1. The molecule has 0 aliphatic heterocycles. The quantitative estimate of drug-likeness (QED) is 0.504. The Kier molecular flexibility index (Phi) is 4.39. The van der Waals surface area contributed by atoms with Gasteiger partial charge in [0, 0.05) is 5.56 Å². The molecule has 2 aromatic rings. The van der Waals surface area contributed by atoms with E-state index in [1.54, 1.807) is 24.3 Å². The van der Waals surface area contributed by atoms with E-state index in [1.807, 2.05) is 30.3 Å². The van der Waals surface area contributed by atoms with Gasteiger partial charge in [-0.15, -0.1) is 0 Å². The molecule has 118 valence electrons. The van der Waals surface area contributed by atoms with Crippen LogP contribution in [0.1, 0.15) is 23.2 Å². The van der Waals surface area contributed by atoms with Crippen molar-refractivity contribution in [2.75, 3.05) is 0 Å². The third-order valence-electron chi connectivity index (χ3n) is 3.46. The molecular formula is C18H17NO4. The molecule has 0 radical (unpaired) electrons. The van der Waals surface area contributed by atoms with Gasteiger partial charge in [-0.25, -0.2) is 4.79 Å². The minimum absolute atomic E-state index is 0.0667. The van der Waals surface area contributed by atoms with Crippen molar-refractivity contribution in [1.29, 1.82) is 0 Å². The van der Waals surface area contributed by atoms with E-state index in [0.29, 0.717) is 17.1 Å². The Hall–Kier alpha value is -2.66. The summed E-state index contributed by atoms with van der Waals surface area (Å²) in [6, 6.07) is 14.5. The summed E-state index contributed by atoms with van der Waals surface area (Å²) in [6.45, 7) is 0. The summed E-state index contributed by atoms with van der Waals surface area (Å²) in [5.74, 6) is 0.183. The molecule has 1 aliphatic carbocycles. The summed E-state index contributed by atoms with van der Waals surface area (Å²) in [5.41, 5.74) is 6.03. The van der Waals surface area contributed by atoms with E-state index in [0.717, 1.165) is 12.8 Å². The van der Waals surface area contributed by atoms with Gasteiger partial charge in [0.15, 0.2) is 11.8 Å². The molecular weight excluding hydrogens is 294 g/mol. The van der Waals surface area contributed by atoms with Crippen LogP contribution in [0.5, 0.6) is 11.5 Å². The van der Waals surface area contributed by atoms with Crippen LogP contribution in [0.3, 0.4) is 0 Å². The van der Waals surface area contributed by atoms with Crippen LogP contribution < -0.4 is 10.5 Å². The number of hydrogen-bond donors (Lipinski definition) is 1. The fourth-order valence-corrected chi connectivity index (χ4v) is 2.02. The predicted molar refractivity (Wildman–Crippen MR) is 84.4 cm³/mol. The average molecular weight is 311 g/mol. The predicted octanol–water partition coefficient (Wildman–Crippen LogP) is 2.69. The monoisotopic (exact) mass is 311 g/mol. The number of esters is 1. The van der Waals surface area contributed by atoms with Gasteiger partial charge in [-0.2, -0.15) is 0 Å². The van der Waals surface area contributed by atoms with Crippen LogP contribution in [0.2, 0.25) is 0 Å². The largest absolute Gasteiger partial charge is 0.461 e. The number of carbonyl (C=O) groups is 2. The Morgan fingerprint density at radius 2 is 1.57 bits per heavy atom. The Balaban J connectivity index is 1.63. The van der Waals surface area contributed by atoms with Crippen molar-refractivity contribution in [2.45, 2.75) is 25.0 Å². The van der Waals surface area contributed by atoms with Gasteiger partial charge in [-0.05, 0) is 49.2 Å². The summed E-state index contributed by atoms with van der Waals surface area (Å²) in [7, 11) is 0. The Morgan fingerprint density at radius 3 is 2.17 bits per heavy atom. The molecule has 1 fully saturated rings. The number of ether oxygens (including phenoxy) is 2. The van der Waals surface area contributed by atoms with E-state index in [1.165, 1.54) is 0 Å². The average Bonchev–Trinajstić information content (AvgIpc) is 3.39. The van der Waals surface area contributed by atoms with Crippen LogP contribution in [0.4, 0.5) is 0 Å². The molecule has 0 spiro atoms. The van der Waals surface area contributed by atoms with E-state index in [4.69, 9.17) is 15.2 Å². The molecule has 0 bridgehead atoms. The third-order valence-corrected chi connectivity index (χ3v) is 3.46. The van der Waals surface area contributed by atoms with E-state index in [2.05, 4.69) is 0 Å². The van der Waals surface area contributed by atoms with Crippen molar-refractivity contribution >= 4 is 11.8 Å². The fourth-order valence-electron chi connectivity index (χ4n) is 2.02. The van der Waals surface area contributed by atoms with Gasteiger partial charge in [0.1, 0.15) is 17.6 Å². The minimum Gasteiger partial charge on any atom is -0.461 e. The molecule has 0 saturated heterocycles. The number of rotatable bonds is 6. The van der Waals surface area contributed by atoms with Gasteiger partial charge < -0.3 is 15.2 Å². The Bertz CT molecular complexity index is 693. The molecule has 2 N–H and O–H groups in total. The van der Waals surface area contributed by atoms with E-state index < -0.39 is 17.8 Å². The maximum absolute atomic E-state index is 12.2. The van der Waals surface area contributed by atoms with Crippen molar-refractivity contribution < 1.29 is 19.1 Å². The lowest BCUT2D eigenvalue weighted by atomic mass is 10.0. The Labute approximate surface area is 134 Å². The zero-order chi connectivity index (χ0) is 16.2. The van der Waals surface area contributed by atoms with Gasteiger partial charge in [0.05, 0.1) is 0 Å². The van der Waals surface area contributed by atoms with Crippen LogP contribution in [0.15, 0.2) is 54.6 Å². The maximum atomic E-state index is 12.2. The maximum Gasteiger partial charge on any atom is 0.331 e. The van der Waals surface area contributed by atoms with Crippen molar-refractivity contribution in [2.24, 2.45) is 5.73 Å². The zero-order valence-corrected chi connectivity index (χ0v) is 12.5. The topological polar surface area (TPSA) is 78.6 Å². The first-order valence-electron chi connectivity index (χ1n) is 7.47. The second-order valence-corrected chi connectivity index (χ2v) is 5.42. The van der Waals surface area contributed by atoms with Crippen molar-refractivity contribution in [3.05, 3.63) is 60.2 Å².